The fourth-order valence-electron chi connectivity index (χ4n) is 3.32. The van der Waals surface area contributed by atoms with Crippen molar-refractivity contribution in [3.05, 3.63) is 22.2 Å². The third-order valence-corrected chi connectivity index (χ3v) is 5.84. The molecule has 0 bridgehead atoms. The lowest BCUT2D eigenvalue weighted by Crippen LogP contribution is -2.28. The number of hydrogen-bond donors (Lipinski definition) is 1. The number of fused-ring (bicyclic) bond motifs is 1. The van der Waals surface area contributed by atoms with Gasteiger partial charge in [0.05, 0.1) is 13.2 Å². The zero-order valence-electron chi connectivity index (χ0n) is 12.3. The molecule has 0 aromatic heterocycles. The van der Waals surface area contributed by atoms with E-state index in [0.717, 1.165) is 54.6 Å². The molecule has 3 nitrogen and oxygen atoms in total. The summed E-state index contributed by atoms with van der Waals surface area (Å²) < 4.78 is 13.2. The molecule has 2 aliphatic heterocycles. The predicted octanol–water partition coefficient (Wildman–Crippen LogP) is 3.54. The van der Waals surface area contributed by atoms with Crippen molar-refractivity contribution in [2.24, 2.45) is 11.3 Å². The SMILES string of the molecule is Brc1cc2c(cc1CC1CCNCC1)OCC1(CC1)CO2. The van der Waals surface area contributed by atoms with E-state index in [4.69, 9.17) is 9.47 Å². The smallest absolute Gasteiger partial charge is 0.162 e. The van der Waals surface area contributed by atoms with Gasteiger partial charge in [-0.3, -0.25) is 0 Å². The topological polar surface area (TPSA) is 30.5 Å². The van der Waals surface area contributed by atoms with E-state index in [2.05, 4.69) is 33.4 Å². The quantitative estimate of drug-likeness (QED) is 0.883. The molecule has 1 spiro atoms. The van der Waals surface area contributed by atoms with Gasteiger partial charge in [0.1, 0.15) is 0 Å². The standard InChI is InChI=1S/C17H22BrNO2/c18-14-9-16-15(20-10-17(3-4-17)11-21-16)8-13(14)7-12-1-5-19-6-2-12/h8-9,12,19H,1-7,10-11H2. The van der Waals surface area contributed by atoms with Crippen molar-refractivity contribution < 1.29 is 9.47 Å². The first-order valence-corrected chi connectivity index (χ1v) is 8.82. The Hall–Kier alpha value is -0.740. The van der Waals surface area contributed by atoms with E-state index in [0.29, 0.717) is 5.41 Å². The Kier molecular flexibility index (Phi) is 3.62. The van der Waals surface area contributed by atoms with Crippen LogP contribution >= 0.6 is 15.9 Å². The van der Waals surface area contributed by atoms with Gasteiger partial charge in [0, 0.05) is 9.89 Å². The second-order valence-corrected chi connectivity index (χ2v) is 7.72. The van der Waals surface area contributed by atoms with Crippen molar-refractivity contribution in [2.75, 3.05) is 26.3 Å². The summed E-state index contributed by atoms with van der Waals surface area (Å²) in [5, 5.41) is 3.43. The molecule has 1 aromatic carbocycles. The zero-order chi connectivity index (χ0) is 14.3. The Morgan fingerprint density at radius 1 is 1.10 bits per heavy atom. The first-order valence-electron chi connectivity index (χ1n) is 8.03. The maximum Gasteiger partial charge on any atom is 0.162 e. The van der Waals surface area contributed by atoms with E-state index in [1.165, 1.54) is 31.2 Å². The molecule has 0 atom stereocenters. The van der Waals surface area contributed by atoms with E-state index >= 15 is 0 Å². The van der Waals surface area contributed by atoms with Crippen molar-refractivity contribution in [3.8, 4) is 11.5 Å². The van der Waals surface area contributed by atoms with Gasteiger partial charge in [0.15, 0.2) is 11.5 Å². The molecular weight excluding hydrogens is 330 g/mol. The Bertz CT molecular complexity index is 536. The molecular formula is C17H22BrNO2. The summed E-state index contributed by atoms with van der Waals surface area (Å²) in [6.45, 7) is 3.92. The zero-order valence-corrected chi connectivity index (χ0v) is 13.9. The fourth-order valence-corrected chi connectivity index (χ4v) is 3.81. The lowest BCUT2D eigenvalue weighted by atomic mass is 9.91. The average Bonchev–Trinajstić information content (AvgIpc) is 3.29. The van der Waals surface area contributed by atoms with Gasteiger partial charge in [-0.05, 0) is 68.8 Å². The number of nitrogens with one attached hydrogen (secondary N) is 1. The second-order valence-electron chi connectivity index (χ2n) is 6.87. The van der Waals surface area contributed by atoms with E-state index < -0.39 is 0 Å². The van der Waals surface area contributed by atoms with Crippen LogP contribution in [0.15, 0.2) is 16.6 Å². The largest absolute Gasteiger partial charge is 0.489 e. The maximum absolute atomic E-state index is 6.05. The molecule has 0 radical (unpaired) electrons. The molecule has 4 rings (SSSR count). The summed E-state index contributed by atoms with van der Waals surface area (Å²) in [7, 11) is 0. The molecule has 1 aromatic rings. The summed E-state index contributed by atoms with van der Waals surface area (Å²) in [6, 6.07) is 4.30. The molecule has 2 fully saturated rings. The van der Waals surface area contributed by atoms with Gasteiger partial charge in [-0.15, -0.1) is 0 Å². The van der Waals surface area contributed by atoms with Crippen LogP contribution in [0, 0.1) is 11.3 Å². The Morgan fingerprint density at radius 2 is 1.76 bits per heavy atom. The van der Waals surface area contributed by atoms with Crippen LogP contribution in [0.1, 0.15) is 31.2 Å². The summed E-state index contributed by atoms with van der Waals surface area (Å²) in [4.78, 5) is 0. The molecule has 21 heavy (non-hydrogen) atoms. The van der Waals surface area contributed by atoms with Crippen LogP contribution in [0.4, 0.5) is 0 Å². The second kappa shape index (κ2) is 5.47. The molecule has 2 heterocycles. The van der Waals surface area contributed by atoms with Crippen LogP contribution < -0.4 is 14.8 Å². The lowest BCUT2D eigenvalue weighted by molar-refractivity contribution is 0.197. The highest BCUT2D eigenvalue weighted by Gasteiger charge is 2.46. The lowest BCUT2D eigenvalue weighted by Gasteiger charge is -2.23. The monoisotopic (exact) mass is 351 g/mol. The summed E-state index contributed by atoms with van der Waals surface area (Å²) >= 11 is 3.72. The summed E-state index contributed by atoms with van der Waals surface area (Å²) in [5.74, 6) is 2.62. The van der Waals surface area contributed by atoms with Crippen LogP contribution in [0.3, 0.4) is 0 Å². The normalized spacial score (nSPS) is 23.9. The number of hydrogen-bond acceptors (Lipinski definition) is 3. The molecule has 1 N–H and O–H groups in total. The van der Waals surface area contributed by atoms with Crippen LogP contribution in [-0.4, -0.2) is 26.3 Å². The van der Waals surface area contributed by atoms with Gasteiger partial charge in [-0.25, -0.2) is 0 Å². The highest BCUT2D eigenvalue weighted by Crippen LogP contribution is 2.49. The number of benzene rings is 1. The van der Waals surface area contributed by atoms with E-state index in [1.807, 2.05) is 0 Å². The van der Waals surface area contributed by atoms with Gasteiger partial charge in [0.2, 0.25) is 0 Å². The highest BCUT2D eigenvalue weighted by atomic mass is 79.9. The number of rotatable bonds is 2. The fraction of sp³-hybridized carbons (Fsp3) is 0.647. The van der Waals surface area contributed by atoms with Crippen molar-refractivity contribution in [3.63, 3.8) is 0 Å². The third kappa shape index (κ3) is 2.93. The first kappa shape index (κ1) is 13.9. The molecule has 1 saturated carbocycles. The number of halogens is 1. The molecule has 3 aliphatic rings. The predicted molar refractivity (Wildman–Crippen MR) is 86.1 cm³/mol. The van der Waals surface area contributed by atoms with Crippen molar-refractivity contribution in [1.29, 1.82) is 0 Å². The highest BCUT2D eigenvalue weighted by molar-refractivity contribution is 9.10. The van der Waals surface area contributed by atoms with E-state index in [-0.39, 0.29) is 0 Å². The number of piperidine rings is 1. The van der Waals surface area contributed by atoms with Crippen LogP contribution in [0.5, 0.6) is 11.5 Å². The Labute approximate surface area is 134 Å². The minimum atomic E-state index is 0.306. The molecule has 0 amide bonds. The average molecular weight is 352 g/mol. The minimum absolute atomic E-state index is 0.306. The van der Waals surface area contributed by atoms with Gasteiger partial charge in [0.25, 0.3) is 0 Å². The van der Waals surface area contributed by atoms with E-state index in [1.54, 1.807) is 0 Å². The van der Waals surface area contributed by atoms with Crippen LogP contribution in [0.2, 0.25) is 0 Å². The van der Waals surface area contributed by atoms with Crippen molar-refractivity contribution in [2.45, 2.75) is 32.1 Å². The summed E-state index contributed by atoms with van der Waals surface area (Å²) in [5.41, 5.74) is 1.66. The molecule has 1 saturated heterocycles. The van der Waals surface area contributed by atoms with E-state index in [9.17, 15) is 0 Å². The maximum atomic E-state index is 6.05. The van der Waals surface area contributed by atoms with Gasteiger partial charge < -0.3 is 14.8 Å². The summed E-state index contributed by atoms with van der Waals surface area (Å²) in [6.07, 6.45) is 6.15. The van der Waals surface area contributed by atoms with Gasteiger partial charge in [-0.1, -0.05) is 15.9 Å². The molecule has 4 heteroatoms. The van der Waals surface area contributed by atoms with Crippen molar-refractivity contribution >= 4 is 15.9 Å². The van der Waals surface area contributed by atoms with Gasteiger partial charge >= 0.3 is 0 Å². The Morgan fingerprint density at radius 3 is 2.43 bits per heavy atom. The van der Waals surface area contributed by atoms with Crippen LogP contribution in [0.25, 0.3) is 0 Å². The molecule has 0 unspecified atom stereocenters. The molecule has 1 aliphatic carbocycles. The minimum Gasteiger partial charge on any atom is -0.489 e. The van der Waals surface area contributed by atoms with Crippen molar-refractivity contribution in [1.82, 2.24) is 5.32 Å². The van der Waals surface area contributed by atoms with Gasteiger partial charge in [-0.2, -0.15) is 0 Å². The third-order valence-electron chi connectivity index (χ3n) is 5.10. The molecule has 114 valence electrons. The number of ether oxygens (including phenoxy) is 2. The first-order chi connectivity index (χ1) is 10.2. The Balaban J connectivity index is 1.54. The van der Waals surface area contributed by atoms with Crippen LogP contribution in [-0.2, 0) is 6.42 Å².